The molecule has 0 N–H and O–H groups in total. The molecule has 17 heavy (non-hydrogen) atoms. The van der Waals surface area contributed by atoms with Gasteiger partial charge in [-0.2, -0.15) is 0 Å². The number of likely N-dealkylation sites (N-methyl/N-ethyl adjacent to an activating group) is 1. The van der Waals surface area contributed by atoms with Gasteiger partial charge in [0.05, 0.1) is 0 Å². The number of Topliss-reactive ketones (excluding diaryl/α,β-unsaturated/α-hetero) is 1. The van der Waals surface area contributed by atoms with Crippen LogP contribution in [0.3, 0.4) is 0 Å². The smallest absolute Gasteiger partial charge is 0.159 e. The van der Waals surface area contributed by atoms with Gasteiger partial charge in [0.25, 0.3) is 0 Å². The van der Waals surface area contributed by atoms with Crippen molar-refractivity contribution in [1.29, 1.82) is 0 Å². The molecule has 0 unspecified atom stereocenters. The molecule has 1 aromatic carbocycles. The van der Waals surface area contributed by atoms with E-state index in [-0.39, 0.29) is 5.78 Å². The summed E-state index contributed by atoms with van der Waals surface area (Å²) < 4.78 is 5.52. The van der Waals surface area contributed by atoms with Gasteiger partial charge in [-0.25, -0.2) is 0 Å². The molecule has 0 aliphatic rings. The topological polar surface area (TPSA) is 29.5 Å². The molecule has 3 nitrogen and oxygen atoms in total. The van der Waals surface area contributed by atoms with Crippen LogP contribution in [0.15, 0.2) is 30.8 Å². The summed E-state index contributed by atoms with van der Waals surface area (Å²) in [4.78, 5) is 13.2. The number of carbonyl (C=O) groups excluding carboxylic acids is 1. The highest BCUT2D eigenvalue weighted by Crippen LogP contribution is 2.14. The quantitative estimate of drug-likeness (QED) is 0.558. The van der Waals surface area contributed by atoms with Crippen LogP contribution in [-0.2, 0) is 4.74 Å². The van der Waals surface area contributed by atoms with E-state index in [4.69, 9.17) is 4.74 Å². The maximum atomic E-state index is 11.1. The summed E-state index contributed by atoms with van der Waals surface area (Å²) in [5, 5.41) is 0. The highest BCUT2D eigenvalue weighted by atomic mass is 16.5. The number of hydrogen-bond donors (Lipinski definition) is 0. The number of hydrogen-bond acceptors (Lipinski definition) is 3. The number of rotatable bonds is 6. The zero-order chi connectivity index (χ0) is 12.8. The Hall–Kier alpha value is -1.61. The second kappa shape index (κ2) is 6.21. The Morgan fingerprint density at radius 3 is 2.24 bits per heavy atom. The molecule has 3 heteroatoms. The number of ether oxygens (including phenoxy) is 1. The van der Waals surface area contributed by atoms with E-state index >= 15 is 0 Å². The Morgan fingerprint density at radius 1 is 1.24 bits per heavy atom. The Balaban J connectivity index is 2.55. The number of nitrogens with zero attached hydrogens (tertiary/aromatic N) is 1. The molecule has 0 heterocycles. The summed E-state index contributed by atoms with van der Waals surface area (Å²) in [7, 11) is 3.99. The minimum absolute atomic E-state index is 0.0655. The first-order valence-electron chi connectivity index (χ1n) is 5.58. The molecule has 0 saturated carbocycles. The largest absolute Gasteiger partial charge is 0.492 e. The first kappa shape index (κ1) is 13.5. The highest BCUT2D eigenvalue weighted by molar-refractivity contribution is 5.94. The molecule has 1 rings (SSSR count). The van der Waals surface area contributed by atoms with Gasteiger partial charge in [0.15, 0.2) is 5.78 Å². The highest BCUT2D eigenvalue weighted by Gasteiger charge is 2.02. The van der Waals surface area contributed by atoms with Gasteiger partial charge in [-0.05, 0) is 21.0 Å². The van der Waals surface area contributed by atoms with Crippen molar-refractivity contribution in [2.45, 2.75) is 6.92 Å². The predicted octanol–water partition coefficient (Wildman–Crippen LogP) is 2.44. The SMILES string of the molecule is C=C(OCCN(C)C)c1ccc(C(C)=O)cc1. The first-order valence-corrected chi connectivity index (χ1v) is 5.58. The van der Waals surface area contributed by atoms with Crippen molar-refractivity contribution < 1.29 is 9.53 Å². The van der Waals surface area contributed by atoms with E-state index in [2.05, 4.69) is 6.58 Å². The fourth-order valence-corrected chi connectivity index (χ4v) is 1.33. The van der Waals surface area contributed by atoms with E-state index in [0.717, 1.165) is 12.1 Å². The lowest BCUT2D eigenvalue weighted by Crippen LogP contribution is -2.17. The average Bonchev–Trinajstić information content (AvgIpc) is 2.28. The van der Waals surface area contributed by atoms with Crippen LogP contribution in [0.25, 0.3) is 5.76 Å². The van der Waals surface area contributed by atoms with Gasteiger partial charge in [0, 0.05) is 17.7 Å². The van der Waals surface area contributed by atoms with Gasteiger partial charge < -0.3 is 9.64 Å². The zero-order valence-corrected chi connectivity index (χ0v) is 10.7. The van der Waals surface area contributed by atoms with Crippen molar-refractivity contribution in [3.63, 3.8) is 0 Å². The van der Waals surface area contributed by atoms with Gasteiger partial charge >= 0.3 is 0 Å². The van der Waals surface area contributed by atoms with Gasteiger partial charge in [-0.3, -0.25) is 4.79 Å². The van der Waals surface area contributed by atoms with Crippen LogP contribution in [0.4, 0.5) is 0 Å². The maximum absolute atomic E-state index is 11.1. The zero-order valence-electron chi connectivity index (χ0n) is 10.7. The van der Waals surface area contributed by atoms with Crippen LogP contribution < -0.4 is 0 Å². The maximum Gasteiger partial charge on any atom is 0.159 e. The summed E-state index contributed by atoms with van der Waals surface area (Å²) in [6.07, 6.45) is 0. The van der Waals surface area contributed by atoms with E-state index in [1.807, 2.05) is 31.1 Å². The van der Waals surface area contributed by atoms with Crippen LogP contribution in [0.5, 0.6) is 0 Å². The molecule has 0 spiro atoms. The van der Waals surface area contributed by atoms with Crippen molar-refractivity contribution in [2.75, 3.05) is 27.2 Å². The molecule has 0 atom stereocenters. The molecular formula is C14H19NO2. The lowest BCUT2D eigenvalue weighted by Gasteiger charge is -2.12. The molecule has 0 bridgehead atoms. The van der Waals surface area contributed by atoms with Crippen molar-refractivity contribution in [2.24, 2.45) is 0 Å². The molecule has 0 aliphatic carbocycles. The monoisotopic (exact) mass is 233 g/mol. The van der Waals surface area contributed by atoms with Gasteiger partial charge in [-0.15, -0.1) is 0 Å². The van der Waals surface area contributed by atoms with E-state index in [1.54, 1.807) is 19.1 Å². The molecule has 0 radical (unpaired) electrons. The molecular weight excluding hydrogens is 214 g/mol. The summed E-state index contributed by atoms with van der Waals surface area (Å²) >= 11 is 0. The summed E-state index contributed by atoms with van der Waals surface area (Å²) in [5.74, 6) is 0.706. The number of benzene rings is 1. The van der Waals surface area contributed by atoms with Gasteiger partial charge in [0.1, 0.15) is 12.4 Å². The van der Waals surface area contributed by atoms with E-state index in [1.165, 1.54) is 0 Å². The first-order chi connectivity index (χ1) is 8.00. The van der Waals surface area contributed by atoms with Crippen molar-refractivity contribution in [1.82, 2.24) is 4.90 Å². The van der Waals surface area contributed by atoms with E-state index in [9.17, 15) is 4.79 Å². The number of carbonyl (C=O) groups is 1. The van der Waals surface area contributed by atoms with Crippen molar-refractivity contribution >= 4 is 11.5 Å². The summed E-state index contributed by atoms with van der Waals surface area (Å²) in [5.41, 5.74) is 1.61. The van der Waals surface area contributed by atoms with Crippen LogP contribution in [-0.4, -0.2) is 37.9 Å². The lowest BCUT2D eigenvalue weighted by atomic mass is 10.1. The Labute approximate surface area is 103 Å². The lowest BCUT2D eigenvalue weighted by molar-refractivity contribution is 0.101. The average molecular weight is 233 g/mol. The van der Waals surface area contributed by atoms with Gasteiger partial charge in [-0.1, -0.05) is 30.8 Å². The van der Waals surface area contributed by atoms with Crippen LogP contribution in [0.1, 0.15) is 22.8 Å². The molecule has 92 valence electrons. The van der Waals surface area contributed by atoms with Crippen molar-refractivity contribution in [3.05, 3.63) is 42.0 Å². The van der Waals surface area contributed by atoms with E-state index < -0.39 is 0 Å². The third-order valence-corrected chi connectivity index (χ3v) is 2.43. The Morgan fingerprint density at radius 2 is 1.76 bits per heavy atom. The minimum Gasteiger partial charge on any atom is -0.492 e. The molecule has 0 aliphatic heterocycles. The fourth-order valence-electron chi connectivity index (χ4n) is 1.33. The fraction of sp³-hybridized carbons (Fsp3) is 0.357. The second-order valence-corrected chi connectivity index (χ2v) is 4.21. The third kappa shape index (κ3) is 4.41. The van der Waals surface area contributed by atoms with Crippen molar-refractivity contribution in [3.8, 4) is 0 Å². The molecule has 0 aromatic heterocycles. The van der Waals surface area contributed by atoms with E-state index in [0.29, 0.717) is 17.9 Å². The normalized spacial score (nSPS) is 10.4. The molecule has 0 saturated heterocycles. The standard InChI is InChI=1S/C14H19NO2/c1-11(16)13-5-7-14(8-6-13)12(2)17-10-9-15(3)4/h5-8H,2,9-10H2,1,3-4H3. The minimum atomic E-state index is 0.0655. The Bertz CT molecular complexity index is 393. The summed E-state index contributed by atoms with van der Waals surface area (Å²) in [6.45, 7) is 6.89. The van der Waals surface area contributed by atoms with Gasteiger partial charge in [0.2, 0.25) is 0 Å². The molecule has 0 fully saturated rings. The number of ketones is 1. The molecule has 1 aromatic rings. The Kier molecular flexibility index (Phi) is 4.91. The predicted molar refractivity (Wildman–Crippen MR) is 70.0 cm³/mol. The van der Waals surface area contributed by atoms with Crippen LogP contribution in [0.2, 0.25) is 0 Å². The third-order valence-electron chi connectivity index (χ3n) is 2.43. The second-order valence-electron chi connectivity index (χ2n) is 4.21. The summed E-state index contributed by atoms with van der Waals surface area (Å²) in [6, 6.07) is 7.29. The van der Waals surface area contributed by atoms with Crippen LogP contribution >= 0.6 is 0 Å². The van der Waals surface area contributed by atoms with Crippen LogP contribution in [0, 0.1) is 0 Å². The molecule has 0 amide bonds.